The van der Waals surface area contributed by atoms with Gasteiger partial charge in [-0.05, 0) is 39.7 Å². The molecule has 2 aromatic rings. The largest absolute Gasteiger partial charge is 0.384 e. The lowest BCUT2D eigenvalue weighted by Crippen LogP contribution is -2.24. The van der Waals surface area contributed by atoms with Gasteiger partial charge in [-0.15, -0.1) is 0 Å². The average Bonchev–Trinajstić information content (AvgIpc) is 2.48. The predicted molar refractivity (Wildman–Crippen MR) is 83.3 cm³/mol. The van der Waals surface area contributed by atoms with E-state index in [0.29, 0.717) is 19.5 Å². The molecule has 2 N–H and O–H groups in total. The molecule has 1 heterocycles. The Hall–Kier alpha value is -1.88. The van der Waals surface area contributed by atoms with Crippen LogP contribution in [0.25, 0.3) is 0 Å². The van der Waals surface area contributed by atoms with Gasteiger partial charge in [0.05, 0.1) is 0 Å². The lowest BCUT2D eigenvalue weighted by molar-refractivity contribution is -0.121. The van der Waals surface area contributed by atoms with Crippen LogP contribution in [0.1, 0.15) is 12.0 Å². The topological polar surface area (TPSA) is 54.0 Å². The Bertz CT molecular complexity index is 560. The van der Waals surface area contributed by atoms with Crippen molar-refractivity contribution < 1.29 is 4.79 Å². The van der Waals surface area contributed by atoms with E-state index in [1.54, 1.807) is 12.4 Å². The molecule has 0 aliphatic carbocycles. The minimum Gasteiger partial charge on any atom is -0.384 e. The Kier molecular flexibility index (Phi) is 5.55. The maximum atomic E-state index is 11.7. The highest BCUT2D eigenvalue weighted by molar-refractivity contribution is 9.10. The number of anilines is 1. The summed E-state index contributed by atoms with van der Waals surface area (Å²) in [4.78, 5) is 15.7. The van der Waals surface area contributed by atoms with Crippen molar-refractivity contribution in [3.63, 3.8) is 0 Å². The lowest BCUT2D eigenvalue weighted by atomic mass is 10.2. The Balaban J connectivity index is 1.69. The molecule has 20 heavy (non-hydrogen) atoms. The van der Waals surface area contributed by atoms with Gasteiger partial charge in [0, 0.05) is 42.1 Å². The van der Waals surface area contributed by atoms with Crippen molar-refractivity contribution in [3.8, 4) is 0 Å². The second-order valence-electron chi connectivity index (χ2n) is 4.29. The van der Waals surface area contributed by atoms with E-state index < -0.39 is 0 Å². The van der Waals surface area contributed by atoms with Crippen LogP contribution >= 0.6 is 15.9 Å². The molecule has 1 aromatic heterocycles. The van der Waals surface area contributed by atoms with Crippen molar-refractivity contribution in [2.75, 3.05) is 11.9 Å². The fourth-order valence-electron chi connectivity index (χ4n) is 1.71. The number of carbonyl (C=O) groups is 1. The summed E-state index contributed by atoms with van der Waals surface area (Å²) in [6, 6.07) is 11.6. The molecule has 0 saturated carbocycles. The molecular formula is C15H16BrN3O. The van der Waals surface area contributed by atoms with E-state index >= 15 is 0 Å². The number of nitrogens with one attached hydrogen (secondary N) is 2. The number of hydrogen-bond acceptors (Lipinski definition) is 3. The van der Waals surface area contributed by atoms with E-state index in [4.69, 9.17) is 0 Å². The van der Waals surface area contributed by atoms with Gasteiger partial charge in [0.1, 0.15) is 0 Å². The number of nitrogens with zero attached hydrogens (tertiary/aromatic N) is 1. The van der Waals surface area contributed by atoms with Gasteiger partial charge in [0.2, 0.25) is 5.91 Å². The summed E-state index contributed by atoms with van der Waals surface area (Å²) in [5, 5.41) is 6.09. The van der Waals surface area contributed by atoms with Gasteiger partial charge in [-0.25, -0.2) is 0 Å². The number of hydrogen-bond donors (Lipinski definition) is 2. The number of rotatable bonds is 6. The van der Waals surface area contributed by atoms with Crippen LogP contribution in [-0.2, 0) is 11.3 Å². The molecule has 0 aliphatic rings. The number of benzene rings is 1. The standard InChI is InChI=1S/C15H16BrN3O/c16-13-5-1-2-6-14(13)18-9-7-15(20)19-11-12-4-3-8-17-10-12/h1-6,8,10,18H,7,9,11H2,(H,19,20). The number of halogens is 1. The van der Waals surface area contributed by atoms with E-state index in [0.717, 1.165) is 15.7 Å². The molecule has 0 radical (unpaired) electrons. The summed E-state index contributed by atoms with van der Waals surface area (Å²) in [5.74, 6) is 0.0217. The SMILES string of the molecule is O=C(CCNc1ccccc1Br)NCc1cccnc1. The summed E-state index contributed by atoms with van der Waals surface area (Å²) in [6.07, 6.45) is 3.90. The normalized spacial score (nSPS) is 10.1. The van der Waals surface area contributed by atoms with Crippen LogP contribution in [0, 0.1) is 0 Å². The number of pyridine rings is 1. The Labute approximate surface area is 126 Å². The van der Waals surface area contributed by atoms with Crippen molar-refractivity contribution in [3.05, 3.63) is 58.8 Å². The minimum atomic E-state index is 0.0217. The molecule has 0 unspecified atom stereocenters. The second kappa shape index (κ2) is 7.65. The summed E-state index contributed by atoms with van der Waals surface area (Å²) < 4.78 is 0.996. The number of carbonyl (C=O) groups excluding carboxylic acids is 1. The molecule has 0 atom stereocenters. The monoisotopic (exact) mass is 333 g/mol. The van der Waals surface area contributed by atoms with Gasteiger partial charge >= 0.3 is 0 Å². The number of amides is 1. The molecule has 104 valence electrons. The lowest BCUT2D eigenvalue weighted by Gasteiger charge is -2.08. The highest BCUT2D eigenvalue weighted by atomic mass is 79.9. The Morgan fingerprint density at radius 2 is 2.05 bits per heavy atom. The zero-order chi connectivity index (χ0) is 14.2. The first kappa shape index (κ1) is 14.5. The van der Waals surface area contributed by atoms with Crippen molar-refractivity contribution >= 4 is 27.5 Å². The molecule has 5 heteroatoms. The van der Waals surface area contributed by atoms with Gasteiger partial charge in [-0.3, -0.25) is 9.78 Å². The van der Waals surface area contributed by atoms with Crippen molar-refractivity contribution in [2.24, 2.45) is 0 Å². The van der Waals surface area contributed by atoms with Crippen molar-refractivity contribution in [2.45, 2.75) is 13.0 Å². The molecule has 0 aliphatic heterocycles. The minimum absolute atomic E-state index is 0.0217. The first-order valence-corrected chi connectivity index (χ1v) is 7.19. The molecule has 1 amide bonds. The van der Waals surface area contributed by atoms with Crippen LogP contribution in [0.3, 0.4) is 0 Å². The van der Waals surface area contributed by atoms with E-state index in [2.05, 4.69) is 31.5 Å². The van der Waals surface area contributed by atoms with E-state index in [1.165, 1.54) is 0 Å². The van der Waals surface area contributed by atoms with Crippen molar-refractivity contribution in [1.82, 2.24) is 10.3 Å². The number of para-hydroxylation sites is 1. The van der Waals surface area contributed by atoms with Gasteiger partial charge < -0.3 is 10.6 Å². The third kappa shape index (κ3) is 4.66. The zero-order valence-electron chi connectivity index (χ0n) is 11.0. The first-order chi connectivity index (χ1) is 9.75. The Morgan fingerprint density at radius 1 is 1.20 bits per heavy atom. The van der Waals surface area contributed by atoms with Crippen molar-refractivity contribution in [1.29, 1.82) is 0 Å². The second-order valence-corrected chi connectivity index (χ2v) is 5.15. The molecule has 4 nitrogen and oxygen atoms in total. The summed E-state index contributed by atoms with van der Waals surface area (Å²) in [7, 11) is 0. The van der Waals surface area contributed by atoms with Crippen LogP contribution in [0.5, 0.6) is 0 Å². The molecule has 0 fully saturated rings. The zero-order valence-corrected chi connectivity index (χ0v) is 12.6. The molecular weight excluding hydrogens is 318 g/mol. The molecule has 0 saturated heterocycles. The van der Waals surface area contributed by atoms with Gasteiger partial charge in [0.15, 0.2) is 0 Å². The fourth-order valence-corrected chi connectivity index (χ4v) is 2.13. The highest BCUT2D eigenvalue weighted by Gasteiger charge is 2.02. The van der Waals surface area contributed by atoms with Gasteiger partial charge in [-0.2, -0.15) is 0 Å². The van der Waals surface area contributed by atoms with E-state index in [-0.39, 0.29) is 5.91 Å². The van der Waals surface area contributed by atoms with Gasteiger partial charge in [-0.1, -0.05) is 18.2 Å². The third-order valence-corrected chi connectivity index (χ3v) is 3.45. The van der Waals surface area contributed by atoms with Crippen LogP contribution in [0.15, 0.2) is 53.3 Å². The fraction of sp³-hybridized carbons (Fsp3) is 0.200. The maximum Gasteiger partial charge on any atom is 0.222 e. The Morgan fingerprint density at radius 3 is 2.80 bits per heavy atom. The molecule has 0 bridgehead atoms. The van der Waals surface area contributed by atoms with E-state index in [1.807, 2.05) is 36.4 Å². The summed E-state index contributed by atoms with van der Waals surface area (Å²) in [6.45, 7) is 1.11. The van der Waals surface area contributed by atoms with Crippen LogP contribution < -0.4 is 10.6 Å². The summed E-state index contributed by atoms with van der Waals surface area (Å²) >= 11 is 3.45. The molecule has 1 aromatic carbocycles. The summed E-state index contributed by atoms with van der Waals surface area (Å²) in [5.41, 5.74) is 1.99. The first-order valence-electron chi connectivity index (χ1n) is 6.40. The van der Waals surface area contributed by atoms with Gasteiger partial charge in [0.25, 0.3) is 0 Å². The highest BCUT2D eigenvalue weighted by Crippen LogP contribution is 2.20. The molecule has 0 spiro atoms. The maximum absolute atomic E-state index is 11.7. The quantitative estimate of drug-likeness (QED) is 0.854. The average molecular weight is 334 g/mol. The molecule has 2 rings (SSSR count). The van der Waals surface area contributed by atoms with Crippen LogP contribution in [-0.4, -0.2) is 17.4 Å². The number of aromatic nitrogens is 1. The van der Waals surface area contributed by atoms with E-state index in [9.17, 15) is 4.79 Å². The smallest absolute Gasteiger partial charge is 0.222 e. The van der Waals surface area contributed by atoms with Crippen LogP contribution in [0.2, 0.25) is 0 Å². The predicted octanol–water partition coefficient (Wildman–Crippen LogP) is 2.96. The third-order valence-electron chi connectivity index (χ3n) is 2.75. The van der Waals surface area contributed by atoms with Crippen LogP contribution in [0.4, 0.5) is 5.69 Å².